The Morgan fingerprint density at radius 1 is 1.18 bits per heavy atom. The Kier molecular flexibility index (Phi) is 6.91. The second kappa shape index (κ2) is 9.86. The van der Waals surface area contributed by atoms with Gasteiger partial charge in [-0.25, -0.2) is 22.9 Å². The number of anilines is 1. The van der Waals surface area contributed by atoms with Crippen molar-refractivity contribution in [1.29, 1.82) is 0 Å². The topological polar surface area (TPSA) is 130 Å². The molecule has 3 aromatic rings. The fourth-order valence-corrected chi connectivity index (χ4v) is 5.49. The molecule has 1 aliphatic rings. The number of hydrogen-bond donors (Lipinski definition) is 3. The molecule has 0 aliphatic heterocycles. The quantitative estimate of drug-likeness (QED) is 0.418. The zero-order valence-electron chi connectivity index (χ0n) is 18.0. The number of ether oxygens (including phenoxy) is 1. The van der Waals surface area contributed by atoms with Gasteiger partial charge in [0, 0.05) is 30.1 Å². The minimum absolute atomic E-state index is 0.0240. The molecule has 0 unspecified atom stereocenters. The third kappa shape index (κ3) is 5.49. The summed E-state index contributed by atoms with van der Waals surface area (Å²) in [5.41, 5.74) is 3.88. The van der Waals surface area contributed by atoms with Gasteiger partial charge in [0.2, 0.25) is 15.9 Å². The number of aryl methyl sites for hydroxylation is 2. The summed E-state index contributed by atoms with van der Waals surface area (Å²) in [4.78, 5) is 31.2. The molecule has 0 atom stereocenters. The van der Waals surface area contributed by atoms with Crippen LogP contribution in [0.1, 0.15) is 40.9 Å². The van der Waals surface area contributed by atoms with Crippen LogP contribution in [0.3, 0.4) is 0 Å². The van der Waals surface area contributed by atoms with Crippen molar-refractivity contribution >= 4 is 38.4 Å². The molecule has 1 amide bonds. The predicted molar refractivity (Wildman–Crippen MR) is 125 cm³/mol. The van der Waals surface area contributed by atoms with Crippen LogP contribution in [0.15, 0.2) is 40.7 Å². The van der Waals surface area contributed by atoms with Crippen molar-refractivity contribution in [3.05, 3.63) is 52.7 Å². The molecular formula is C22H24N4O5S2. The van der Waals surface area contributed by atoms with Crippen LogP contribution in [0.5, 0.6) is 0 Å². The molecule has 9 nitrogen and oxygen atoms in total. The minimum atomic E-state index is -3.69. The van der Waals surface area contributed by atoms with Crippen LogP contribution in [-0.4, -0.2) is 43.9 Å². The number of nitrogens with zero attached hydrogens (tertiary/aromatic N) is 1. The summed E-state index contributed by atoms with van der Waals surface area (Å²) in [6.45, 7) is -0.0240. The van der Waals surface area contributed by atoms with Gasteiger partial charge in [0.05, 0.1) is 17.7 Å². The molecule has 0 radical (unpaired) electrons. The van der Waals surface area contributed by atoms with E-state index in [1.54, 1.807) is 29.8 Å². The third-order valence-electron chi connectivity index (χ3n) is 5.41. The van der Waals surface area contributed by atoms with Gasteiger partial charge in [-0.1, -0.05) is 6.07 Å². The molecule has 1 aromatic carbocycles. The van der Waals surface area contributed by atoms with Crippen LogP contribution < -0.4 is 10.0 Å². The van der Waals surface area contributed by atoms with Crippen LogP contribution in [0.2, 0.25) is 0 Å². The number of H-pyrrole nitrogens is 1. The second-order valence-corrected chi connectivity index (χ2v) is 10.3. The predicted octanol–water partition coefficient (Wildman–Crippen LogP) is 3.11. The normalized spacial score (nSPS) is 13.4. The smallest absolute Gasteiger partial charge is 0.354 e. The fraction of sp³-hybridized carbons (Fsp3) is 0.318. The van der Waals surface area contributed by atoms with Crippen LogP contribution in [-0.2, 0) is 32.4 Å². The number of benzene rings is 1. The zero-order chi connectivity index (χ0) is 23.4. The fourth-order valence-electron chi connectivity index (χ4n) is 3.67. The van der Waals surface area contributed by atoms with Gasteiger partial charge in [0.25, 0.3) is 0 Å². The van der Waals surface area contributed by atoms with E-state index < -0.39 is 16.0 Å². The molecule has 0 fully saturated rings. The highest BCUT2D eigenvalue weighted by atomic mass is 32.2. The number of carbonyl (C=O) groups excluding carboxylic acids is 2. The molecule has 11 heteroatoms. The first-order chi connectivity index (χ1) is 15.9. The molecule has 4 rings (SSSR count). The first-order valence-electron chi connectivity index (χ1n) is 10.5. The molecule has 1 aliphatic carbocycles. The number of aromatic nitrogens is 2. The van der Waals surface area contributed by atoms with Gasteiger partial charge in [-0.15, -0.1) is 11.3 Å². The lowest BCUT2D eigenvalue weighted by Gasteiger charge is -2.16. The van der Waals surface area contributed by atoms with E-state index >= 15 is 0 Å². The summed E-state index contributed by atoms with van der Waals surface area (Å²) in [7, 11) is -2.39. The Bertz CT molecular complexity index is 1280. The Morgan fingerprint density at radius 2 is 1.97 bits per heavy atom. The molecule has 0 saturated heterocycles. The van der Waals surface area contributed by atoms with Crippen molar-refractivity contribution in [3.63, 3.8) is 0 Å². The SMILES string of the molecule is COC(=O)c1cc(-c2csc(NC(=O)CCNS(=O)(=O)c3ccc4c(c3)CCCC4)n2)c[nH]1. The van der Waals surface area contributed by atoms with E-state index in [0.717, 1.165) is 31.2 Å². The van der Waals surface area contributed by atoms with Crippen molar-refractivity contribution in [2.75, 3.05) is 19.0 Å². The summed E-state index contributed by atoms with van der Waals surface area (Å²) >= 11 is 1.23. The summed E-state index contributed by atoms with van der Waals surface area (Å²) < 4.78 is 32.4. The number of nitrogens with one attached hydrogen (secondary N) is 3. The number of rotatable bonds is 8. The van der Waals surface area contributed by atoms with Crippen molar-refractivity contribution in [2.24, 2.45) is 0 Å². The first-order valence-corrected chi connectivity index (χ1v) is 12.9. The summed E-state index contributed by atoms with van der Waals surface area (Å²) in [5.74, 6) is -0.837. The number of hydrogen-bond acceptors (Lipinski definition) is 7. The molecule has 3 N–H and O–H groups in total. The summed E-state index contributed by atoms with van der Waals surface area (Å²) in [5, 5.41) is 4.80. The average Bonchev–Trinajstić information content (AvgIpc) is 3.48. The molecule has 174 valence electrons. The van der Waals surface area contributed by atoms with Crippen molar-refractivity contribution in [3.8, 4) is 11.3 Å². The molecule has 0 saturated carbocycles. The lowest BCUT2D eigenvalue weighted by Crippen LogP contribution is -2.28. The highest BCUT2D eigenvalue weighted by molar-refractivity contribution is 7.89. The van der Waals surface area contributed by atoms with E-state index in [1.807, 2.05) is 6.07 Å². The number of aromatic amines is 1. The van der Waals surface area contributed by atoms with Gasteiger partial charge in [-0.05, 0) is 55.0 Å². The Morgan fingerprint density at radius 3 is 2.76 bits per heavy atom. The highest BCUT2D eigenvalue weighted by Crippen LogP contribution is 2.26. The van der Waals surface area contributed by atoms with Crippen LogP contribution in [0.4, 0.5) is 5.13 Å². The van der Waals surface area contributed by atoms with E-state index in [4.69, 9.17) is 0 Å². The first kappa shape index (κ1) is 23.1. The van der Waals surface area contributed by atoms with Gasteiger partial charge >= 0.3 is 5.97 Å². The standard InChI is InChI=1S/C22H24N4O5S2/c1-31-21(28)18-11-16(12-23-18)19-13-32-22(25-19)26-20(27)8-9-24-33(29,30)17-7-6-14-4-2-3-5-15(14)10-17/h6-7,10-13,23-24H,2-5,8-9H2,1H3,(H,25,26,27). The maximum absolute atomic E-state index is 12.6. The van der Waals surface area contributed by atoms with Crippen molar-refractivity contribution < 1.29 is 22.7 Å². The molecule has 2 heterocycles. The molecule has 33 heavy (non-hydrogen) atoms. The second-order valence-electron chi connectivity index (χ2n) is 7.67. The van der Waals surface area contributed by atoms with Gasteiger partial charge in [-0.3, -0.25) is 4.79 Å². The number of sulfonamides is 1. The Balaban J connectivity index is 1.30. The van der Waals surface area contributed by atoms with Crippen LogP contribution in [0.25, 0.3) is 11.3 Å². The van der Waals surface area contributed by atoms with E-state index in [2.05, 4.69) is 24.7 Å². The van der Waals surface area contributed by atoms with E-state index in [-0.39, 0.29) is 23.8 Å². The number of amides is 1. The number of fused-ring (bicyclic) bond motifs is 1. The van der Waals surface area contributed by atoms with Gasteiger partial charge < -0.3 is 15.0 Å². The van der Waals surface area contributed by atoms with Gasteiger partial charge in [-0.2, -0.15) is 0 Å². The molecule has 0 spiro atoms. The summed E-state index contributed by atoms with van der Waals surface area (Å²) in [6, 6.07) is 6.85. The largest absolute Gasteiger partial charge is 0.464 e. The maximum Gasteiger partial charge on any atom is 0.354 e. The van der Waals surface area contributed by atoms with Gasteiger partial charge in [0.15, 0.2) is 5.13 Å². The average molecular weight is 489 g/mol. The van der Waals surface area contributed by atoms with Gasteiger partial charge in [0.1, 0.15) is 5.69 Å². The lowest BCUT2D eigenvalue weighted by atomic mass is 9.92. The van der Waals surface area contributed by atoms with E-state index in [9.17, 15) is 18.0 Å². The van der Waals surface area contributed by atoms with E-state index in [1.165, 1.54) is 24.0 Å². The van der Waals surface area contributed by atoms with Crippen LogP contribution in [0, 0.1) is 0 Å². The van der Waals surface area contributed by atoms with Crippen LogP contribution >= 0.6 is 11.3 Å². The van der Waals surface area contributed by atoms with E-state index in [0.29, 0.717) is 22.1 Å². The lowest BCUT2D eigenvalue weighted by molar-refractivity contribution is -0.116. The Hall–Kier alpha value is -3.02. The zero-order valence-corrected chi connectivity index (χ0v) is 19.6. The number of carbonyl (C=O) groups is 2. The molecular weight excluding hydrogens is 464 g/mol. The number of thiazole rings is 1. The minimum Gasteiger partial charge on any atom is -0.464 e. The monoisotopic (exact) mass is 488 g/mol. The third-order valence-corrected chi connectivity index (χ3v) is 7.63. The Labute approximate surface area is 195 Å². The molecule has 0 bridgehead atoms. The summed E-state index contributed by atoms with van der Waals surface area (Å²) in [6.07, 6.45) is 5.67. The number of methoxy groups -OCH3 is 1. The molecule has 2 aromatic heterocycles. The highest BCUT2D eigenvalue weighted by Gasteiger charge is 2.18. The van der Waals surface area contributed by atoms with Crippen molar-refractivity contribution in [1.82, 2.24) is 14.7 Å². The maximum atomic E-state index is 12.6. The number of esters is 1. The van der Waals surface area contributed by atoms with Crippen molar-refractivity contribution in [2.45, 2.75) is 37.0 Å².